The molecule has 0 aliphatic rings. The highest BCUT2D eigenvalue weighted by Crippen LogP contribution is 2.36. The molecule has 2 heteroatoms. The van der Waals surface area contributed by atoms with Crippen molar-refractivity contribution in [3.05, 3.63) is 84.4 Å². The molecule has 1 N–H and O–H groups in total. The van der Waals surface area contributed by atoms with Crippen molar-refractivity contribution in [2.45, 2.75) is 0 Å². The van der Waals surface area contributed by atoms with Crippen LogP contribution in [0.1, 0.15) is 5.56 Å². The number of rotatable bonds is 2. The standard InChI is InChI=1S/C21H15NO/c23-22-14-15-9-11-16(12-10-15)21-19-7-3-1-5-17(19)13-18-6-2-4-8-20(18)21/h1-14,23H/b22-14+. The number of nitrogens with zero attached hydrogens (tertiary/aromatic N) is 1. The minimum absolute atomic E-state index is 0.876. The quantitative estimate of drug-likeness (QED) is 0.226. The van der Waals surface area contributed by atoms with Gasteiger partial charge >= 0.3 is 0 Å². The average molecular weight is 297 g/mol. The lowest BCUT2D eigenvalue weighted by Gasteiger charge is -2.12. The van der Waals surface area contributed by atoms with Crippen LogP contribution in [0.2, 0.25) is 0 Å². The van der Waals surface area contributed by atoms with E-state index in [2.05, 4.69) is 71.9 Å². The van der Waals surface area contributed by atoms with Crippen molar-refractivity contribution < 1.29 is 5.21 Å². The Morgan fingerprint density at radius 1 is 0.696 bits per heavy atom. The summed E-state index contributed by atoms with van der Waals surface area (Å²) in [6, 6.07) is 27.2. The molecule has 0 saturated carbocycles. The lowest BCUT2D eigenvalue weighted by Crippen LogP contribution is -1.87. The zero-order valence-corrected chi connectivity index (χ0v) is 12.5. The molecule has 0 saturated heterocycles. The van der Waals surface area contributed by atoms with Crippen molar-refractivity contribution >= 4 is 27.8 Å². The number of fused-ring (bicyclic) bond motifs is 2. The summed E-state index contributed by atoms with van der Waals surface area (Å²) in [5, 5.41) is 16.7. The first-order valence-electron chi connectivity index (χ1n) is 7.55. The topological polar surface area (TPSA) is 32.6 Å². The summed E-state index contributed by atoms with van der Waals surface area (Å²) in [4.78, 5) is 0. The van der Waals surface area contributed by atoms with Crippen LogP contribution in [-0.2, 0) is 0 Å². The molecule has 4 aromatic rings. The Morgan fingerprint density at radius 2 is 1.26 bits per heavy atom. The van der Waals surface area contributed by atoms with E-state index in [1.807, 2.05) is 12.1 Å². The maximum Gasteiger partial charge on any atom is 0.0733 e. The molecule has 0 aliphatic carbocycles. The van der Waals surface area contributed by atoms with Crippen molar-refractivity contribution in [3.8, 4) is 11.1 Å². The van der Waals surface area contributed by atoms with Gasteiger partial charge in [-0.05, 0) is 44.3 Å². The fourth-order valence-corrected chi connectivity index (χ4v) is 3.13. The molecular formula is C21H15NO. The zero-order valence-electron chi connectivity index (χ0n) is 12.5. The van der Waals surface area contributed by atoms with Gasteiger partial charge in [-0.1, -0.05) is 78.0 Å². The SMILES string of the molecule is O/N=C/c1ccc(-c2c3ccccc3cc3ccccc23)cc1. The van der Waals surface area contributed by atoms with E-state index in [1.54, 1.807) is 0 Å². The third kappa shape index (κ3) is 2.34. The molecule has 4 rings (SSSR count). The van der Waals surface area contributed by atoms with Crippen LogP contribution in [0.3, 0.4) is 0 Å². The normalized spacial score (nSPS) is 11.5. The zero-order chi connectivity index (χ0) is 15.6. The van der Waals surface area contributed by atoms with E-state index in [1.165, 1.54) is 33.3 Å². The smallest absolute Gasteiger partial charge is 0.0733 e. The molecule has 0 heterocycles. The van der Waals surface area contributed by atoms with Gasteiger partial charge in [0.1, 0.15) is 0 Å². The van der Waals surface area contributed by atoms with E-state index in [0.29, 0.717) is 0 Å². The summed E-state index contributed by atoms with van der Waals surface area (Å²) in [7, 11) is 0. The molecule has 0 fully saturated rings. The summed E-state index contributed by atoms with van der Waals surface area (Å²) in [5.74, 6) is 0. The highest BCUT2D eigenvalue weighted by atomic mass is 16.4. The maximum absolute atomic E-state index is 8.66. The van der Waals surface area contributed by atoms with Gasteiger partial charge < -0.3 is 5.21 Å². The fourth-order valence-electron chi connectivity index (χ4n) is 3.13. The van der Waals surface area contributed by atoms with E-state index in [0.717, 1.165) is 11.1 Å². The van der Waals surface area contributed by atoms with Crippen LogP contribution in [0, 0.1) is 0 Å². The fraction of sp³-hybridized carbons (Fsp3) is 0. The molecule has 110 valence electrons. The minimum atomic E-state index is 0.876. The van der Waals surface area contributed by atoms with Crippen LogP contribution in [-0.4, -0.2) is 11.4 Å². The Labute approximate surface area is 134 Å². The second kappa shape index (κ2) is 5.58. The van der Waals surface area contributed by atoms with Crippen LogP contribution >= 0.6 is 0 Å². The van der Waals surface area contributed by atoms with Crippen molar-refractivity contribution in [2.75, 3.05) is 0 Å². The Balaban J connectivity index is 2.06. The predicted octanol–water partition coefficient (Wildman–Crippen LogP) is 5.47. The van der Waals surface area contributed by atoms with E-state index < -0.39 is 0 Å². The molecule has 0 spiro atoms. The van der Waals surface area contributed by atoms with Crippen LogP contribution in [0.15, 0.2) is 84.0 Å². The van der Waals surface area contributed by atoms with Crippen LogP contribution < -0.4 is 0 Å². The van der Waals surface area contributed by atoms with Gasteiger partial charge in [-0.25, -0.2) is 0 Å². The Hall–Kier alpha value is -3.13. The summed E-state index contributed by atoms with van der Waals surface area (Å²) >= 11 is 0. The van der Waals surface area contributed by atoms with Crippen LogP contribution in [0.25, 0.3) is 32.7 Å². The van der Waals surface area contributed by atoms with Gasteiger partial charge in [0.25, 0.3) is 0 Å². The van der Waals surface area contributed by atoms with Gasteiger partial charge in [-0.15, -0.1) is 0 Å². The molecule has 2 nitrogen and oxygen atoms in total. The van der Waals surface area contributed by atoms with Gasteiger partial charge in [-0.2, -0.15) is 0 Å². The van der Waals surface area contributed by atoms with Crippen molar-refractivity contribution in [1.29, 1.82) is 0 Å². The highest BCUT2D eigenvalue weighted by molar-refractivity contribution is 6.12. The van der Waals surface area contributed by atoms with Gasteiger partial charge in [0.15, 0.2) is 0 Å². The van der Waals surface area contributed by atoms with E-state index >= 15 is 0 Å². The third-order valence-corrected chi connectivity index (χ3v) is 4.18. The van der Waals surface area contributed by atoms with E-state index in [4.69, 9.17) is 5.21 Å². The molecule has 0 aliphatic heterocycles. The Bertz CT molecular complexity index is 963. The molecule has 0 atom stereocenters. The summed E-state index contributed by atoms with van der Waals surface area (Å²) in [6.07, 6.45) is 1.44. The number of hydrogen-bond acceptors (Lipinski definition) is 2. The second-order valence-electron chi connectivity index (χ2n) is 5.56. The molecule has 0 aromatic heterocycles. The Morgan fingerprint density at radius 3 is 1.83 bits per heavy atom. The molecule has 4 aromatic carbocycles. The average Bonchev–Trinajstić information content (AvgIpc) is 2.61. The van der Waals surface area contributed by atoms with Gasteiger partial charge in [-0.3, -0.25) is 0 Å². The van der Waals surface area contributed by atoms with Gasteiger partial charge in [0, 0.05) is 0 Å². The molecule has 0 unspecified atom stereocenters. The van der Waals surface area contributed by atoms with E-state index in [9.17, 15) is 0 Å². The molecular weight excluding hydrogens is 282 g/mol. The van der Waals surface area contributed by atoms with Crippen molar-refractivity contribution in [3.63, 3.8) is 0 Å². The first-order valence-corrected chi connectivity index (χ1v) is 7.55. The highest BCUT2D eigenvalue weighted by Gasteiger charge is 2.09. The minimum Gasteiger partial charge on any atom is -0.411 e. The first-order chi connectivity index (χ1) is 11.4. The molecule has 0 radical (unpaired) electrons. The molecule has 0 amide bonds. The predicted molar refractivity (Wildman–Crippen MR) is 96.3 cm³/mol. The lowest BCUT2D eigenvalue weighted by molar-refractivity contribution is 0.322. The first kappa shape index (κ1) is 13.5. The largest absolute Gasteiger partial charge is 0.411 e. The van der Waals surface area contributed by atoms with Gasteiger partial charge in [0.05, 0.1) is 6.21 Å². The van der Waals surface area contributed by atoms with Crippen LogP contribution in [0.5, 0.6) is 0 Å². The summed E-state index contributed by atoms with van der Waals surface area (Å²) in [5.41, 5.74) is 3.28. The van der Waals surface area contributed by atoms with Crippen molar-refractivity contribution in [1.82, 2.24) is 0 Å². The number of benzene rings is 4. The maximum atomic E-state index is 8.66. The Kier molecular flexibility index (Phi) is 3.28. The third-order valence-electron chi connectivity index (χ3n) is 4.18. The van der Waals surface area contributed by atoms with Gasteiger partial charge in [0.2, 0.25) is 0 Å². The summed E-state index contributed by atoms with van der Waals surface area (Å²) < 4.78 is 0. The van der Waals surface area contributed by atoms with Crippen LogP contribution in [0.4, 0.5) is 0 Å². The number of oxime groups is 1. The second-order valence-corrected chi connectivity index (χ2v) is 5.56. The molecule has 0 bridgehead atoms. The van der Waals surface area contributed by atoms with E-state index in [-0.39, 0.29) is 0 Å². The summed E-state index contributed by atoms with van der Waals surface area (Å²) in [6.45, 7) is 0. The lowest BCUT2D eigenvalue weighted by atomic mass is 9.92. The monoisotopic (exact) mass is 297 g/mol. The number of hydrogen-bond donors (Lipinski definition) is 1. The molecule has 23 heavy (non-hydrogen) atoms. The van der Waals surface area contributed by atoms with Crippen molar-refractivity contribution in [2.24, 2.45) is 5.16 Å².